The Morgan fingerprint density at radius 2 is 2.27 bits per heavy atom. The molecule has 0 radical (unpaired) electrons. The molecule has 0 bridgehead atoms. The summed E-state index contributed by atoms with van der Waals surface area (Å²) in [6.07, 6.45) is 1.97. The molecule has 1 aliphatic carbocycles. The summed E-state index contributed by atoms with van der Waals surface area (Å²) in [7, 11) is 0. The minimum atomic E-state index is 0.322. The molecule has 78 valence electrons. The summed E-state index contributed by atoms with van der Waals surface area (Å²) in [5, 5.41) is 12.1. The molecule has 2 rings (SSSR count). The van der Waals surface area contributed by atoms with Crippen molar-refractivity contribution in [2.75, 3.05) is 5.32 Å². The van der Waals surface area contributed by atoms with Gasteiger partial charge in [0.15, 0.2) is 0 Å². The van der Waals surface area contributed by atoms with Gasteiger partial charge >= 0.3 is 0 Å². The van der Waals surface area contributed by atoms with Gasteiger partial charge in [-0.25, -0.2) is 4.98 Å². The molecular weight excluding hydrogens is 188 g/mol. The van der Waals surface area contributed by atoms with Gasteiger partial charge in [-0.3, -0.25) is 0 Å². The highest BCUT2D eigenvalue weighted by Crippen LogP contribution is 2.22. The molecule has 0 aromatic carbocycles. The van der Waals surface area contributed by atoms with Crippen LogP contribution < -0.4 is 11.1 Å². The Morgan fingerprint density at radius 1 is 1.53 bits per heavy atom. The Bertz CT molecular complexity index is 402. The smallest absolute Gasteiger partial charge is 0.127 e. The minimum Gasteiger partial charge on any atom is -0.367 e. The van der Waals surface area contributed by atoms with Crippen LogP contribution in [0.2, 0.25) is 0 Å². The van der Waals surface area contributed by atoms with E-state index in [1.165, 1.54) is 0 Å². The summed E-state index contributed by atoms with van der Waals surface area (Å²) in [5.41, 5.74) is 7.20. The van der Waals surface area contributed by atoms with Crippen molar-refractivity contribution >= 4 is 5.82 Å². The zero-order chi connectivity index (χ0) is 10.8. The van der Waals surface area contributed by atoms with Crippen LogP contribution in [0.15, 0.2) is 12.1 Å². The van der Waals surface area contributed by atoms with E-state index in [4.69, 9.17) is 11.0 Å². The molecule has 0 unspecified atom stereocenters. The zero-order valence-corrected chi connectivity index (χ0v) is 8.70. The van der Waals surface area contributed by atoms with Gasteiger partial charge in [0.1, 0.15) is 5.82 Å². The number of nitrogens with two attached hydrogens (primary N) is 1. The van der Waals surface area contributed by atoms with E-state index in [9.17, 15) is 0 Å². The molecule has 1 aromatic rings. The van der Waals surface area contributed by atoms with Gasteiger partial charge in [-0.15, -0.1) is 0 Å². The summed E-state index contributed by atoms with van der Waals surface area (Å²) in [6.45, 7) is 1.89. The number of aryl methyl sites for hydroxylation is 1. The number of hydrogen-bond donors (Lipinski definition) is 2. The molecule has 0 aliphatic heterocycles. The average molecular weight is 202 g/mol. The van der Waals surface area contributed by atoms with E-state index in [2.05, 4.69) is 16.4 Å². The van der Waals surface area contributed by atoms with Crippen LogP contribution in [-0.4, -0.2) is 17.1 Å². The molecule has 0 amide bonds. The van der Waals surface area contributed by atoms with E-state index in [1.54, 1.807) is 12.1 Å². The first kappa shape index (κ1) is 9.94. The third kappa shape index (κ3) is 2.25. The zero-order valence-electron chi connectivity index (χ0n) is 8.70. The Labute approximate surface area is 89.1 Å². The number of nitrogens with one attached hydrogen (secondary N) is 1. The molecule has 0 saturated heterocycles. The van der Waals surface area contributed by atoms with Crippen LogP contribution in [0.1, 0.15) is 24.1 Å². The Balaban J connectivity index is 2.08. The van der Waals surface area contributed by atoms with Gasteiger partial charge in [0, 0.05) is 17.8 Å². The van der Waals surface area contributed by atoms with Crippen molar-refractivity contribution < 1.29 is 0 Å². The summed E-state index contributed by atoms with van der Waals surface area (Å²) < 4.78 is 0. The maximum absolute atomic E-state index is 8.81. The predicted molar refractivity (Wildman–Crippen MR) is 58.3 cm³/mol. The van der Waals surface area contributed by atoms with Gasteiger partial charge in [-0.1, -0.05) is 0 Å². The standard InChI is InChI=1S/C11H14N4/c1-7-2-8(6-12)3-11(14-7)15-10-4-9(13)5-10/h2-3,9-10H,4-5,13H2,1H3,(H,14,15). The van der Waals surface area contributed by atoms with Crippen LogP contribution in [0.5, 0.6) is 0 Å². The second kappa shape index (κ2) is 3.87. The van der Waals surface area contributed by atoms with Gasteiger partial charge in [0.05, 0.1) is 11.6 Å². The molecule has 1 aromatic heterocycles. The molecule has 4 heteroatoms. The highest BCUT2D eigenvalue weighted by Gasteiger charge is 2.25. The van der Waals surface area contributed by atoms with E-state index in [0.29, 0.717) is 17.6 Å². The molecular formula is C11H14N4. The molecule has 1 heterocycles. The minimum absolute atomic E-state index is 0.322. The third-order valence-electron chi connectivity index (χ3n) is 2.61. The second-order valence-corrected chi connectivity index (χ2v) is 4.07. The van der Waals surface area contributed by atoms with Crippen LogP contribution in [0.4, 0.5) is 5.82 Å². The molecule has 15 heavy (non-hydrogen) atoms. The molecule has 1 aliphatic rings. The fraction of sp³-hybridized carbons (Fsp3) is 0.455. The van der Waals surface area contributed by atoms with Gasteiger partial charge in [0.25, 0.3) is 0 Å². The Hall–Kier alpha value is -1.60. The number of pyridine rings is 1. The van der Waals surface area contributed by atoms with Crippen molar-refractivity contribution in [1.29, 1.82) is 5.26 Å². The first-order chi connectivity index (χ1) is 7.17. The summed E-state index contributed by atoms with van der Waals surface area (Å²) in [4.78, 5) is 4.33. The first-order valence-electron chi connectivity index (χ1n) is 5.08. The molecule has 0 atom stereocenters. The molecule has 1 saturated carbocycles. The number of rotatable bonds is 2. The monoisotopic (exact) mass is 202 g/mol. The van der Waals surface area contributed by atoms with Gasteiger partial charge in [0.2, 0.25) is 0 Å². The van der Waals surface area contributed by atoms with E-state index in [1.807, 2.05) is 6.92 Å². The van der Waals surface area contributed by atoms with Crippen molar-refractivity contribution in [3.05, 3.63) is 23.4 Å². The van der Waals surface area contributed by atoms with Crippen LogP contribution >= 0.6 is 0 Å². The van der Waals surface area contributed by atoms with E-state index in [-0.39, 0.29) is 0 Å². The molecule has 0 spiro atoms. The van der Waals surface area contributed by atoms with Crippen molar-refractivity contribution in [3.63, 3.8) is 0 Å². The Morgan fingerprint density at radius 3 is 2.87 bits per heavy atom. The normalized spacial score (nSPS) is 24.1. The molecule has 1 fully saturated rings. The fourth-order valence-corrected chi connectivity index (χ4v) is 1.80. The van der Waals surface area contributed by atoms with E-state index in [0.717, 1.165) is 24.4 Å². The van der Waals surface area contributed by atoms with Crippen molar-refractivity contribution in [1.82, 2.24) is 4.98 Å². The summed E-state index contributed by atoms with van der Waals surface area (Å²) >= 11 is 0. The van der Waals surface area contributed by atoms with Crippen molar-refractivity contribution in [2.24, 2.45) is 5.73 Å². The number of anilines is 1. The SMILES string of the molecule is Cc1cc(C#N)cc(NC2CC(N)C2)n1. The lowest BCUT2D eigenvalue weighted by Crippen LogP contribution is -2.44. The number of aromatic nitrogens is 1. The summed E-state index contributed by atoms with van der Waals surface area (Å²) in [5.74, 6) is 0.781. The quantitative estimate of drug-likeness (QED) is 0.754. The third-order valence-corrected chi connectivity index (χ3v) is 2.61. The topological polar surface area (TPSA) is 74.7 Å². The van der Waals surface area contributed by atoms with E-state index >= 15 is 0 Å². The second-order valence-electron chi connectivity index (χ2n) is 4.07. The lowest BCUT2D eigenvalue weighted by atomic mass is 9.88. The summed E-state index contributed by atoms with van der Waals surface area (Å²) in [6, 6.07) is 6.41. The van der Waals surface area contributed by atoms with Gasteiger partial charge in [-0.05, 0) is 31.9 Å². The van der Waals surface area contributed by atoms with Gasteiger partial charge < -0.3 is 11.1 Å². The predicted octanol–water partition coefficient (Wildman–Crippen LogP) is 1.16. The number of nitriles is 1. The maximum Gasteiger partial charge on any atom is 0.127 e. The Kier molecular flexibility index (Phi) is 2.57. The van der Waals surface area contributed by atoms with Crippen LogP contribution in [0.3, 0.4) is 0 Å². The van der Waals surface area contributed by atoms with Crippen LogP contribution in [0.25, 0.3) is 0 Å². The number of nitrogens with zero attached hydrogens (tertiary/aromatic N) is 2. The highest BCUT2D eigenvalue weighted by molar-refractivity contribution is 5.45. The first-order valence-corrected chi connectivity index (χ1v) is 5.08. The molecule has 4 nitrogen and oxygen atoms in total. The maximum atomic E-state index is 8.81. The average Bonchev–Trinajstić information content (AvgIpc) is 2.14. The number of hydrogen-bond acceptors (Lipinski definition) is 4. The van der Waals surface area contributed by atoms with Crippen molar-refractivity contribution in [2.45, 2.75) is 31.8 Å². The van der Waals surface area contributed by atoms with Gasteiger partial charge in [-0.2, -0.15) is 5.26 Å². The largest absolute Gasteiger partial charge is 0.367 e. The highest BCUT2D eigenvalue weighted by atomic mass is 15.0. The lowest BCUT2D eigenvalue weighted by molar-refractivity contribution is 0.373. The lowest BCUT2D eigenvalue weighted by Gasteiger charge is -2.33. The molecule has 3 N–H and O–H groups in total. The van der Waals surface area contributed by atoms with E-state index < -0.39 is 0 Å². The van der Waals surface area contributed by atoms with Crippen molar-refractivity contribution in [3.8, 4) is 6.07 Å². The van der Waals surface area contributed by atoms with Crippen LogP contribution in [-0.2, 0) is 0 Å². The fourth-order valence-electron chi connectivity index (χ4n) is 1.80. The van der Waals surface area contributed by atoms with Crippen LogP contribution in [0, 0.1) is 18.3 Å².